The van der Waals surface area contributed by atoms with Crippen molar-refractivity contribution in [3.8, 4) is 6.07 Å². The van der Waals surface area contributed by atoms with Crippen LogP contribution < -0.4 is 5.73 Å². The van der Waals surface area contributed by atoms with Crippen molar-refractivity contribution >= 4 is 11.8 Å². The van der Waals surface area contributed by atoms with Gasteiger partial charge in [0.2, 0.25) is 0 Å². The van der Waals surface area contributed by atoms with Crippen molar-refractivity contribution in [1.82, 2.24) is 0 Å². The van der Waals surface area contributed by atoms with Crippen LogP contribution in [0.15, 0.2) is 46.2 Å². The van der Waals surface area contributed by atoms with E-state index in [2.05, 4.69) is 6.07 Å². The van der Waals surface area contributed by atoms with Gasteiger partial charge in [0.1, 0.15) is 6.07 Å². The minimum atomic E-state index is -0.901. The summed E-state index contributed by atoms with van der Waals surface area (Å²) >= 11 is 1.21. The van der Waals surface area contributed by atoms with E-state index in [0.717, 1.165) is 17.7 Å². The molecule has 5 heteroatoms. The highest BCUT2D eigenvalue weighted by atomic mass is 32.2. The third kappa shape index (κ3) is 3.11. The van der Waals surface area contributed by atoms with Gasteiger partial charge >= 0.3 is 0 Å². The van der Waals surface area contributed by atoms with Gasteiger partial charge in [-0.1, -0.05) is 17.8 Å². The molecule has 0 radical (unpaired) electrons. The average Bonchev–Trinajstić information content (AvgIpc) is 2.43. The standard InChI is InChI=1S/C14H10F2N2S/c15-12-3-2-11(6-13(12)16)19-14-4-1-9(7-17)5-10(14)8-18/h1-6H,7,17H2. The summed E-state index contributed by atoms with van der Waals surface area (Å²) < 4.78 is 25.9. The minimum Gasteiger partial charge on any atom is -0.326 e. The van der Waals surface area contributed by atoms with Crippen LogP contribution >= 0.6 is 11.8 Å². The van der Waals surface area contributed by atoms with E-state index in [4.69, 9.17) is 11.0 Å². The Bertz CT molecular complexity index is 650. The molecular weight excluding hydrogens is 266 g/mol. The van der Waals surface area contributed by atoms with E-state index in [-0.39, 0.29) is 0 Å². The molecule has 0 amide bonds. The summed E-state index contributed by atoms with van der Waals surface area (Å²) in [5.74, 6) is -1.79. The van der Waals surface area contributed by atoms with Crippen molar-refractivity contribution in [2.45, 2.75) is 16.3 Å². The lowest BCUT2D eigenvalue weighted by atomic mass is 10.1. The topological polar surface area (TPSA) is 49.8 Å². The number of nitriles is 1. The minimum absolute atomic E-state index is 0.352. The molecule has 0 spiro atoms. The molecule has 96 valence electrons. The Morgan fingerprint density at radius 1 is 1.11 bits per heavy atom. The Kier molecular flexibility index (Phi) is 4.15. The first-order chi connectivity index (χ1) is 9.13. The van der Waals surface area contributed by atoms with Crippen LogP contribution in [0, 0.1) is 23.0 Å². The van der Waals surface area contributed by atoms with Crippen molar-refractivity contribution in [1.29, 1.82) is 5.26 Å². The van der Waals surface area contributed by atoms with Gasteiger partial charge in [0.15, 0.2) is 11.6 Å². The summed E-state index contributed by atoms with van der Waals surface area (Å²) in [7, 11) is 0. The highest BCUT2D eigenvalue weighted by Gasteiger charge is 2.08. The van der Waals surface area contributed by atoms with E-state index in [1.165, 1.54) is 17.8 Å². The predicted octanol–water partition coefficient (Wildman–Crippen LogP) is 3.45. The van der Waals surface area contributed by atoms with Gasteiger partial charge < -0.3 is 5.73 Å². The SMILES string of the molecule is N#Cc1cc(CN)ccc1Sc1ccc(F)c(F)c1. The maximum Gasteiger partial charge on any atom is 0.159 e. The first-order valence-electron chi connectivity index (χ1n) is 5.50. The fourth-order valence-electron chi connectivity index (χ4n) is 1.55. The maximum absolute atomic E-state index is 13.1. The van der Waals surface area contributed by atoms with Gasteiger partial charge in [0.25, 0.3) is 0 Å². The molecule has 0 atom stereocenters. The summed E-state index contributed by atoms with van der Waals surface area (Å²) in [6.07, 6.45) is 0. The zero-order chi connectivity index (χ0) is 13.8. The van der Waals surface area contributed by atoms with Crippen molar-refractivity contribution in [3.63, 3.8) is 0 Å². The van der Waals surface area contributed by atoms with Crippen LogP contribution in [-0.2, 0) is 6.54 Å². The lowest BCUT2D eigenvalue weighted by molar-refractivity contribution is 0.506. The second-order valence-electron chi connectivity index (χ2n) is 3.82. The molecule has 2 aromatic carbocycles. The van der Waals surface area contributed by atoms with Gasteiger partial charge in [-0.25, -0.2) is 8.78 Å². The van der Waals surface area contributed by atoms with Crippen molar-refractivity contribution in [2.24, 2.45) is 5.73 Å². The fourth-order valence-corrected chi connectivity index (χ4v) is 2.45. The van der Waals surface area contributed by atoms with E-state index in [0.29, 0.717) is 21.9 Å². The fraction of sp³-hybridized carbons (Fsp3) is 0.0714. The molecule has 2 rings (SSSR count). The Balaban J connectivity index is 2.33. The molecule has 0 saturated carbocycles. The van der Waals surface area contributed by atoms with Gasteiger partial charge in [-0.05, 0) is 35.9 Å². The lowest BCUT2D eigenvalue weighted by Crippen LogP contribution is -1.97. The maximum atomic E-state index is 13.1. The number of hydrogen-bond acceptors (Lipinski definition) is 3. The average molecular weight is 276 g/mol. The number of benzene rings is 2. The van der Waals surface area contributed by atoms with E-state index < -0.39 is 11.6 Å². The molecule has 0 aliphatic carbocycles. The summed E-state index contributed by atoms with van der Waals surface area (Å²) in [6, 6.07) is 11.0. The van der Waals surface area contributed by atoms with Crippen molar-refractivity contribution in [3.05, 3.63) is 59.2 Å². The van der Waals surface area contributed by atoms with Crippen molar-refractivity contribution in [2.75, 3.05) is 0 Å². The van der Waals surface area contributed by atoms with E-state index >= 15 is 0 Å². The van der Waals surface area contributed by atoms with Crippen LogP contribution in [0.3, 0.4) is 0 Å². The first-order valence-corrected chi connectivity index (χ1v) is 6.31. The molecule has 0 heterocycles. The number of nitrogens with zero attached hydrogens (tertiary/aromatic N) is 1. The zero-order valence-corrected chi connectivity index (χ0v) is 10.7. The first kappa shape index (κ1) is 13.5. The molecule has 0 aliphatic rings. The third-order valence-electron chi connectivity index (χ3n) is 2.52. The van der Waals surface area contributed by atoms with Gasteiger partial charge in [-0.15, -0.1) is 0 Å². The molecule has 0 fully saturated rings. The van der Waals surface area contributed by atoms with E-state index in [9.17, 15) is 8.78 Å². The van der Waals surface area contributed by atoms with Gasteiger partial charge in [-0.3, -0.25) is 0 Å². The normalized spacial score (nSPS) is 10.2. The van der Waals surface area contributed by atoms with Crippen molar-refractivity contribution < 1.29 is 8.78 Å². The molecule has 2 N–H and O–H groups in total. The predicted molar refractivity (Wildman–Crippen MR) is 69.5 cm³/mol. The second-order valence-corrected chi connectivity index (χ2v) is 4.94. The number of rotatable bonds is 3. The molecule has 0 aromatic heterocycles. The smallest absolute Gasteiger partial charge is 0.159 e. The van der Waals surface area contributed by atoms with Gasteiger partial charge in [0, 0.05) is 16.3 Å². The van der Waals surface area contributed by atoms with E-state index in [1.54, 1.807) is 12.1 Å². The van der Waals surface area contributed by atoms with Crippen LogP contribution in [0.25, 0.3) is 0 Å². The molecule has 19 heavy (non-hydrogen) atoms. The third-order valence-corrected chi connectivity index (χ3v) is 3.58. The molecular formula is C14H10F2N2S. The van der Waals surface area contributed by atoms with Crippen LogP contribution in [0.1, 0.15) is 11.1 Å². The highest BCUT2D eigenvalue weighted by molar-refractivity contribution is 7.99. The summed E-state index contributed by atoms with van der Waals surface area (Å²) in [6.45, 7) is 0.352. The van der Waals surface area contributed by atoms with Crippen LogP contribution in [0.4, 0.5) is 8.78 Å². The van der Waals surface area contributed by atoms with Crippen LogP contribution in [0.2, 0.25) is 0 Å². The molecule has 2 aromatic rings. The summed E-state index contributed by atoms with van der Waals surface area (Å²) in [4.78, 5) is 1.22. The lowest BCUT2D eigenvalue weighted by Gasteiger charge is -2.06. The second kappa shape index (κ2) is 5.83. The van der Waals surface area contributed by atoms with Crippen LogP contribution in [0.5, 0.6) is 0 Å². The molecule has 0 unspecified atom stereocenters. The summed E-state index contributed by atoms with van der Waals surface area (Å²) in [5.41, 5.74) is 6.83. The molecule has 0 saturated heterocycles. The quantitative estimate of drug-likeness (QED) is 0.934. The van der Waals surface area contributed by atoms with Gasteiger partial charge in [-0.2, -0.15) is 5.26 Å². The molecule has 0 aliphatic heterocycles. The zero-order valence-electron chi connectivity index (χ0n) is 9.86. The van der Waals surface area contributed by atoms with Gasteiger partial charge in [0.05, 0.1) is 5.56 Å². The molecule has 0 bridgehead atoms. The van der Waals surface area contributed by atoms with E-state index in [1.807, 2.05) is 6.07 Å². The number of halogens is 2. The molecule has 2 nitrogen and oxygen atoms in total. The number of hydrogen-bond donors (Lipinski definition) is 1. The monoisotopic (exact) mass is 276 g/mol. The Morgan fingerprint density at radius 2 is 1.89 bits per heavy atom. The largest absolute Gasteiger partial charge is 0.326 e. The van der Waals surface area contributed by atoms with Crippen LogP contribution in [-0.4, -0.2) is 0 Å². The number of nitrogens with two attached hydrogens (primary N) is 1. The Hall–Kier alpha value is -1.90. The Labute approximate surface area is 113 Å². The highest BCUT2D eigenvalue weighted by Crippen LogP contribution is 2.31. The summed E-state index contributed by atoms with van der Waals surface area (Å²) in [5, 5.41) is 9.08. The Morgan fingerprint density at radius 3 is 2.53 bits per heavy atom.